The van der Waals surface area contributed by atoms with E-state index >= 15 is 0 Å². The van der Waals surface area contributed by atoms with E-state index in [-0.39, 0.29) is 6.16 Å². The fourth-order valence-electron chi connectivity index (χ4n) is 1.69. The van der Waals surface area contributed by atoms with E-state index < -0.39 is 19.7 Å². The molecule has 0 amide bonds. The van der Waals surface area contributed by atoms with Gasteiger partial charge in [0.25, 0.3) is 0 Å². The highest BCUT2D eigenvalue weighted by molar-refractivity contribution is 7.52. The van der Waals surface area contributed by atoms with Gasteiger partial charge in [-0.15, -0.1) is 0 Å². The normalized spacial score (nSPS) is 15.4. The van der Waals surface area contributed by atoms with Gasteiger partial charge in [0, 0.05) is 5.56 Å². The minimum Gasteiger partial charge on any atom is -0.479 e. The molecular weight excluding hydrogens is 299 g/mol. The second-order valence-corrected chi connectivity index (χ2v) is 6.74. The second-order valence-electron chi connectivity index (χ2n) is 4.16. The van der Waals surface area contributed by atoms with E-state index in [4.69, 9.17) is 9.63 Å². The molecule has 0 saturated carbocycles. The molecule has 0 aliphatic heterocycles. The van der Waals surface area contributed by atoms with E-state index in [0.29, 0.717) is 11.1 Å². The smallest absolute Gasteiger partial charge is 0.338 e. The summed E-state index contributed by atoms with van der Waals surface area (Å²) in [5, 5.41) is 12.4. The predicted octanol–water partition coefficient (Wildman–Crippen LogP) is 3.28. The molecule has 2 rings (SSSR count). The lowest BCUT2D eigenvalue weighted by Crippen LogP contribution is -2.14. The molecule has 0 aliphatic rings. The molecule has 0 bridgehead atoms. The zero-order valence-electron chi connectivity index (χ0n) is 10.4. The quantitative estimate of drug-likeness (QED) is 0.800. The van der Waals surface area contributed by atoms with Gasteiger partial charge in [0.15, 0.2) is 6.10 Å². The summed E-state index contributed by atoms with van der Waals surface area (Å²) in [5.41, 5.74) is 0.984. The van der Waals surface area contributed by atoms with Crippen LogP contribution in [0, 0.1) is 0 Å². The van der Waals surface area contributed by atoms with Crippen molar-refractivity contribution in [3.05, 3.63) is 58.3 Å². The van der Waals surface area contributed by atoms with Crippen LogP contribution in [0.4, 0.5) is 0 Å². The predicted molar refractivity (Wildman–Crippen MR) is 75.8 cm³/mol. The van der Waals surface area contributed by atoms with E-state index in [1.165, 1.54) is 11.3 Å². The number of carboxylic acid groups (broad SMARTS) is 1. The van der Waals surface area contributed by atoms with E-state index in [1.54, 1.807) is 47.2 Å². The molecule has 1 aromatic heterocycles. The summed E-state index contributed by atoms with van der Waals surface area (Å²) in [6.45, 7) is 0. The lowest BCUT2D eigenvalue weighted by atomic mass is 10.2. The van der Waals surface area contributed by atoms with Crippen LogP contribution in [0.1, 0.15) is 17.2 Å². The van der Waals surface area contributed by atoms with Gasteiger partial charge in [-0.1, -0.05) is 30.3 Å². The van der Waals surface area contributed by atoms with Crippen molar-refractivity contribution in [3.8, 4) is 0 Å². The minimum absolute atomic E-state index is 0.220. The van der Waals surface area contributed by atoms with Gasteiger partial charge in [-0.3, -0.25) is 9.09 Å². The molecule has 0 radical (unpaired) electrons. The van der Waals surface area contributed by atoms with Crippen LogP contribution in [0.25, 0.3) is 0 Å². The summed E-state index contributed by atoms with van der Waals surface area (Å²) in [6, 6.07) is 10.2. The van der Waals surface area contributed by atoms with E-state index in [2.05, 4.69) is 0 Å². The molecule has 0 saturated heterocycles. The summed E-state index contributed by atoms with van der Waals surface area (Å²) < 4.78 is 17.0. The molecule has 7 heteroatoms. The number of carboxylic acids is 1. The fraction of sp³-hybridized carbons (Fsp3) is 0.154. The van der Waals surface area contributed by atoms with Crippen molar-refractivity contribution in [1.82, 2.24) is 0 Å². The van der Waals surface area contributed by atoms with Crippen molar-refractivity contribution < 1.29 is 23.9 Å². The summed E-state index contributed by atoms with van der Waals surface area (Å²) in [4.78, 5) is 21.0. The number of rotatable bonds is 6. The third-order valence-electron chi connectivity index (χ3n) is 2.57. The number of hydrogen-bond donors (Lipinski definition) is 2. The average molecular weight is 312 g/mol. The third-order valence-corrected chi connectivity index (χ3v) is 4.57. The van der Waals surface area contributed by atoms with Crippen molar-refractivity contribution >= 4 is 24.9 Å². The van der Waals surface area contributed by atoms with Crippen LogP contribution in [0.15, 0.2) is 47.2 Å². The van der Waals surface area contributed by atoms with Crippen molar-refractivity contribution in [2.45, 2.75) is 12.3 Å². The Hall–Kier alpha value is -1.46. The number of carbonyl (C=O) groups is 1. The number of aliphatic carboxylic acids is 1. The monoisotopic (exact) mass is 312 g/mol. The Balaban J connectivity index is 2.13. The molecule has 20 heavy (non-hydrogen) atoms. The van der Waals surface area contributed by atoms with Gasteiger partial charge in [-0.05, 0) is 22.4 Å². The Morgan fingerprint density at radius 1 is 1.30 bits per heavy atom. The zero-order chi connectivity index (χ0) is 14.6. The van der Waals surface area contributed by atoms with Gasteiger partial charge < -0.3 is 10.00 Å². The molecule has 5 nitrogen and oxygen atoms in total. The van der Waals surface area contributed by atoms with Gasteiger partial charge >= 0.3 is 13.6 Å². The van der Waals surface area contributed by atoms with Crippen molar-refractivity contribution in [3.63, 3.8) is 0 Å². The Kier molecular flexibility index (Phi) is 4.73. The Bertz CT molecular complexity index is 611. The average Bonchev–Trinajstić information content (AvgIpc) is 2.90. The molecule has 2 unspecified atom stereocenters. The molecule has 0 aliphatic carbocycles. The highest BCUT2D eigenvalue weighted by Gasteiger charge is 2.31. The molecule has 2 N–H and O–H groups in total. The van der Waals surface area contributed by atoms with Crippen LogP contribution in [-0.4, -0.2) is 16.0 Å². The van der Waals surface area contributed by atoms with Crippen LogP contribution in [0.3, 0.4) is 0 Å². The molecule has 1 heterocycles. The molecule has 0 spiro atoms. The minimum atomic E-state index is -4.04. The molecule has 2 aromatic rings. The molecule has 1 aromatic carbocycles. The Labute approximate surface area is 120 Å². The number of thiophene rings is 1. The lowest BCUT2D eigenvalue weighted by molar-refractivity contribution is -0.145. The van der Waals surface area contributed by atoms with Crippen molar-refractivity contribution in [1.29, 1.82) is 0 Å². The lowest BCUT2D eigenvalue weighted by Gasteiger charge is -2.17. The maximum absolute atomic E-state index is 12.1. The standard InChI is InChI=1S/C13H13O5PS/c14-13(15)12(11-6-7-20-9-11)18-19(16,17)8-10-4-2-1-3-5-10/h1-7,9,12H,8H2,(H,14,15)(H,16,17). The van der Waals surface area contributed by atoms with Gasteiger partial charge in [0.05, 0.1) is 6.16 Å². The van der Waals surface area contributed by atoms with E-state index in [0.717, 1.165) is 0 Å². The first-order valence-corrected chi connectivity index (χ1v) is 8.47. The van der Waals surface area contributed by atoms with Crippen molar-refractivity contribution in [2.24, 2.45) is 0 Å². The number of benzene rings is 1. The summed E-state index contributed by atoms with van der Waals surface area (Å²) >= 11 is 1.30. The zero-order valence-corrected chi connectivity index (χ0v) is 12.1. The summed E-state index contributed by atoms with van der Waals surface area (Å²) in [5.74, 6) is -1.29. The highest BCUT2D eigenvalue weighted by atomic mass is 32.1. The highest BCUT2D eigenvalue weighted by Crippen LogP contribution is 2.50. The summed E-state index contributed by atoms with van der Waals surface area (Å²) in [7, 11) is -4.04. The van der Waals surface area contributed by atoms with E-state index in [9.17, 15) is 14.3 Å². The Morgan fingerprint density at radius 3 is 2.55 bits per heavy atom. The SMILES string of the molecule is O=C(O)C(OP(=O)(O)Cc1ccccc1)c1ccsc1. The third kappa shape index (κ3) is 4.02. The van der Waals surface area contributed by atoms with Crippen LogP contribution in [-0.2, 0) is 20.0 Å². The second kappa shape index (κ2) is 6.33. The van der Waals surface area contributed by atoms with Gasteiger partial charge in [0.1, 0.15) is 0 Å². The first kappa shape index (κ1) is 14.9. The maximum Gasteiger partial charge on any atom is 0.338 e. The molecule has 2 atom stereocenters. The fourth-order valence-corrected chi connectivity index (χ4v) is 3.65. The van der Waals surface area contributed by atoms with Crippen LogP contribution in [0.2, 0.25) is 0 Å². The maximum atomic E-state index is 12.1. The van der Waals surface area contributed by atoms with Crippen LogP contribution >= 0.6 is 18.9 Å². The first-order chi connectivity index (χ1) is 9.48. The van der Waals surface area contributed by atoms with Crippen LogP contribution in [0.5, 0.6) is 0 Å². The molecular formula is C13H13O5PS. The van der Waals surface area contributed by atoms with Gasteiger partial charge in [0.2, 0.25) is 0 Å². The summed E-state index contributed by atoms with van der Waals surface area (Å²) in [6.07, 6.45) is -1.65. The largest absolute Gasteiger partial charge is 0.479 e. The molecule has 0 fully saturated rings. The topological polar surface area (TPSA) is 83.8 Å². The first-order valence-electron chi connectivity index (χ1n) is 5.77. The van der Waals surface area contributed by atoms with Gasteiger partial charge in [-0.2, -0.15) is 11.3 Å². The van der Waals surface area contributed by atoms with Crippen LogP contribution < -0.4 is 0 Å². The van der Waals surface area contributed by atoms with Crippen molar-refractivity contribution in [2.75, 3.05) is 0 Å². The van der Waals surface area contributed by atoms with Gasteiger partial charge in [-0.25, -0.2) is 4.79 Å². The number of hydrogen-bond acceptors (Lipinski definition) is 4. The molecule has 106 valence electrons. The Morgan fingerprint density at radius 2 is 2.00 bits per heavy atom. The van der Waals surface area contributed by atoms with E-state index in [1.807, 2.05) is 0 Å².